The van der Waals surface area contributed by atoms with Crippen molar-refractivity contribution in [2.45, 2.75) is 33.6 Å². The Labute approximate surface area is 131 Å². The Morgan fingerprint density at radius 1 is 1.20 bits per heavy atom. The lowest BCUT2D eigenvalue weighted by molar-refractivity contribution is 0.0609. The molecule has 0 N–H and O–H groups in total. The molecule has 0 spiro atoms. The molecule has 4 heteroatoms. The Morgan fingerprint density at radius 2 is 1.80 bits per heavy atom. The van der Waals surface area contributed by atoms with Gasteiger partial charge in [-0.2, -0.15) is 0 Å². The third-order valence-corrected chi connectivity index (χ3v) is 4.72. The summed E-state index contributed by atoms with van der Waals surface area (Å²) in [6.45, 7) is 8.42. The first kappa shape index (κ1) is 15.7. The molecule has 1 heterocycles. The van der Waals surface area contributed by atoms with Crippen molar-refractivity contribution < 1.29 is 4.79 Å². The number of nitrogens with zero attached hydrogens (tertiary/aromatic N) is 1. The maximum atomic E-state index is 12.5. The maximum Gasteiger partial charge on any atom is 0.255 e. The fraction of sp³-hybridized carbons (Fsp3) is 0.562. The number of hydrogen-bond acceptors (Lipinski definition) is 1. The van der Waals surface area contributed by atoms with Gasteiger partial charge < -0.3 is 4.90 Å². The van der Waals surface area contributed by atoms with Gasteiger partial charge >= 0.3 is 0 Å². The van der Waals surface area contributed by atoms with Crippen LogP contribution in [0.25, 0.3) is 0 Å². The topological polar surface area (TPSA) is 20.3 Å². The minimum atomic E-state index is 0.0130. The van der Waals surface area contributed by atoms with Crippen LogP contribution in [0.3, 0.4) is 0 Å². The van der Waals surface area contributed by atoms with Crippen molar-refractivity contribution in [2.24, 2.45) is 11.3 Å². The highest BCUT2D eigenvalue weighted by Gasteiger charge is 2.31. The lowest BCUT2D eigenvalue weighted by Gasteiger charge is -2.38. The Kier molecular flexibility index (Phi) is 4.66. The molecule has 0 aliphatic carbocycles. The summed E-state index contributed by atoms with van der Waals surface area (Å²) in [6, 6.07) is 5.05. The number of hydrogen-bond donors (Lipinski definition) is 0. The average molecular weight is 314 g/mol. The van der Waals surface area contributed by atoms with Gasteiger partial charge in [-0.05, 0) is 42.4 Å². The maximum absolute atomic E-state index is 12.5. The molecule has 0 unspecified atom stereocenters. The summed E-state index contributed by atoms with van der Waals surface area (Å²) in [5, 5.41) is 0.985. The molecule has 0 bridgehead atoms. The van der Waals surface area contributed by atoms with Crippen LogP contribution in [0.4, 0.5) is 0 Å². The summed E-state index contributed by atoms with van der Waals surface area (Å²) in [5.74, 6) is 0.686. The highest BCUT2D eigenvalue weighted by molar-refractivity contribution is 6.36. The van der Waals surface area contributed by atoms with Gasteiger partial charge in [-0.25, -0.2) is 0 Å². The molecule has 2 nitrogen and oxygen atoms in total. The second kappa shape index (κ2) is 5.95. The zero-order valence-corrected chi connectivity index (χ0v) is 13.8. The second-order valence-corrected chi connectivity index (χ2v) is 7.40. The first-order chi connectivity index (χ1) is 9.29. The van der Waals surface area contributed by atoms with Crippen molar-refractivity contribution in [1.82, 2.24) is 4.90 Å². The predicted molar refractivity (Wildman–Crippen MR) is 84.5 cm³/mol. The zero-order chi connectivity index (χ0) is 14.9. The fourth-order valence-electron chi connectivity index (χ4n) is 2.78. The molecule has 1 saturated heterocycles. The van der Waals surface area contributed by atoms with Crippen LogP contribution in [-0.4, -0.2) is 23.9 Å². The van der Waals surface area contributed by atoms with E-state index in [0.29, 0.717) is 26.9 Å². The van der Waals surface area contributed by atoms with Gasteiger partial charge in [-0.3, -0.25) is 4.79 Å². The van der Waals surface area contributed by atoms with Crippen LogP contribution in [0, 0.1) is 11.3 Å². The van der Waals surface area contributed by atoms with Crippen LogP contribution >= 0.6 is 23.2 Å². The number of halogens is 2. The number of amides is 1. The summed E-state index contributed by atoms with van der Waals surface area (Å²) in [6.07, 6.45) is 2.11. The van der Waals surface area contributed by atoms with Crippen molar-refractivity contribution in [3.63, 3.8) is 0 Å². The van der Waals surface area contributed by atoms with E-state index in [2.05, 4.69) is 20.8 Å². The van der Waals surface area contributed by atoms with Crippen LogP contribution in [0.1, 0.15) is 44.0 Å². The van der Waals surface area contributed by atoms with Crippen molar-refractivity contribution in [1.29, 1.82) is 0 Å². The number of carbonyl (C=O) groups excluding carboxylic acids is 1. The summed E-state index contributed by atoms with van der Waals surface area (Å²) in [5.41, 5.74) is 0.859. The Hall–Kier alpha value is -0.730. The standard InChI is InChI=1S/C16H21Cl2NO/c1-16(2,3)11-6-8-19(9-7-11)15(20)13-5-4-12(17)10-14(13)18/h4-5,10-11H,6-9H2,1-3H3. The molecule has 1 aliphatic rings. The minimum Gasteiger partial charge on any atom is -0.339 e. The molecule has 0 radical (unpaired) electrons. The highest BCUT2D eigenvalue weighted by atomic mass is 35.5. The van der Waals surface area contributed by atoms with Gasteiger partial charge in [0.05, 0.1) is 10.6 Å². The van der Waals surface area contributed by atoms with Gasteiger partial charge in [0.15, 0.2) is 0 Å². The molecular formula is C16H21Cl2NO. The van der Waals surface area contributed by atoms with E-state index in [4.69, 9.17) is 23.2 Å². The van der Waals surface area contributed by atoms with Crippen LogP contribution in [-0.2, 0) is 0 Å². The summed E-state index contributed by atoms with van der Waals surface area (Å²) < 4.78 is 0. The van der Waals surface area contributed by atoms with Gasteiger partial charge in [-0.1, -0.05) is 44.0 Å². The summed E-state index contributed by atoms with van der Waals surface area (Å²) in [7, 11) is 0. The fourth-order valence-corrected chi connectivity index (χ4v) is 3.27. The Morgan fingerprint density at radius 3 is 2.30 bits per heavy atom. The van der Waals surface area contributed by atoms with E-state index < -0.39 is 0 Å². The average Bonchev–Trinajstić information content (AvgIpc) is 2.37. The monoisotopic (exact) mass is 313 g/mol. The molecule has 1 aromatic carbocycles. The van der Waals surface area contributed by atoms with Gasteiger partial charge in [0, 0.05) is 18.1 Å². The molecular weight excluding hydrogens is 293 g/mol. The van der Waals surface area contributed by atoms with E-state index in [1.807, 2.05) is 4.90 Å². The normalized spacial score (nSPS) is 17.4. The number of benzene rings is 1. The second-order valence-electron chi connectivity index (χ2n) is 6.56. The summed E-state index contributed by atoms with van der Waals surface area (Å²) in [4.78, 5) is 14.4. The molecule has 0 aromatic heterocycles. The predicted octanol–water partition coefficient (Wildman–Crippen LogP) is 4.89. The lowest BCUT2D eigenvalue weighted by Crippen LogP contribution is -2.41. The van der Waals surface area contributed by atoms with Gasteiger partial charge in [0.1, 0.15) is 0 Å². The summed E-state index contributed by atoms with van der Waals surface area (Å²) >= 11 is 12.0. The van der Waals surface area contributed by atoms with Gasteiger partial charge in [-0.15, -0.1) is 0 Å². The van der Waals surface area contributed by atoms with E-state index >= 15 is 0 Å². The van der Waals surface area contributed by atoms with Gasteiger partial charge in [0.2, 0.25) is 0 Å². The van der Waals surface area contributed by atoms with E-state index in [-0.39, 0.29) is 5.91 Å². The molecule has 1 fully saturated rings. The van der Waals surface area contributed by atoms with Crippen molar-refractivity contribution in [3.05, 3.63) is 33.8 Å². The first-order valence-electron chi connectivity index (χ1n) is 7.03. The van der Waals surface area contributed by atoms with Crippen LogP contribution in [0.15, 0.2) is 18.2 Å². The number of likely N-dealkylation sites (tertiary alicyclic amines) is 1. The van der Waals surface area contributed by atoms with E-state index in [1.54, 1.807) is 18.2 Å². The lowest BCUT2D eigenvalue weighted by atomic mass is 9.75. The molecule has 1 aromatic rings. The molecule has 1 amide bonds. The molecule has 0 atom stereocenters. The van der Waals surface area contributed by atoms with E-state index in [1.165, 1.54) is 0 Å². The molecule has 110 valence electrons. The van der Waals surface area contributed by atoms with E-state index in [0.717, 1.165) is 25.9 Å². The zero-order valence-electron chi connectivity index (χ0n) is 12.2. The Bertz CT molecular complexity index is 500. The van der Waals surface area contributed by atoms with Crippen LogP contribution in [0.5, 0.6) is 0 Å². The highest BCUT2D eigenvalue weighted by Crippen LogP contribution is 2.35. The number of piperidine rings is 1. The van der Waals surface area contributed by atoms with Crippen molar-refractivity contribution in [2.75, 3.05) is 13.1 Å². The Balaban J connectivity index is 2.05. The smallest absolute Gasteiger partial charge is 0.255 e. The molecule has 1 aliphatic heterocycles. The third kappa shape index (κ3) is 3.48. The number of carbonyl (C=O) groups is 1. The van der Waals surface area contributed by atoms with Crippen molar-refractivity contribution in [3.8, 4) is 0 Å². The quantitative estimate of drug-likeness (QED) is 0.722. The van der Waals surface area contributed by atoms with Crippen LogP contribution < -0.4 is 0 Å². The molecule has 0 saturated carbocycles. The minimum absolute atomic E-state index is 0.0130. The van der Waals surface area contributed by atoms with Crippen molar-refractivity contribution >= 4 is 29.1 Å². The largest absolute Gasteiger partial charge is 0.339 e. The number of rotatable bonds is 1. The molecule has 20 heavy (non-hydrogen) atoms. The van der Waals surface area contributed by atoms with Gasteiger partial charge in [0.25, 0.3) is 5.91 Å². The molecule has 2 rings (SSSR count). The van der Waals surface area contributed by atoms with Crippen LogP contribution in [0.2, 0.25) is 10.0 Å². The first-order valence-corrected chi connectivity index (χ1v) is 7.79. The third-order valence-electron chi connectivity index (χ3n) is 4.17. The SMILES string of the molecule is CC(C)(C)C1CCN(C(=O)c2ccc(Cl)cc2Cl)CC1. The van der Waals surface area contributed by atoms with E-state index in [9.17, 15) is 4.79 Å².